The second kappa shape index (κ2) is 9.40. The Labute approximate surface area is 149 Å². The largest absolute Gasteiger partial charge is 0.707 e. The van der Waals surface area contributed by atoms with Crippen LogP contribution in [0.5, 0.6) is 11.5 Å². The Hall–Kier alpha value is -1.32. The van der Waals surface area contributed by atoms with Crippen molar-refractivity contribution in [2.24, 2.45) is 0 Å². The summed E-state index contributed by atoms with van der Waals surface area (Å²) in [5, 5.41) is 35.4. The van der Waals surface area contributed by atoms with Crippen molar-refractivity contribution in [3.05, 3.63) is 24.3 Å². The molecule has 1 unspecified atom stereocenters. The first-order valence-electron chi connectivity index (χ1n) is 8.35. The monoisotopic (exact) mass is 356 g/mol. The minimum Gasteiger partial charge on any atom is -0.512 e. The van der Waals surface area contributed by atoms with Crippen LogP contribution in [0, 0.1) is 0 Å². The van der Waals surface area contributed by atoms with Gasteiger partial charge in [-0.05, 0) is 64.8 Å². The van der Waals surface area contributed by atoms with Gasteiger partial charge in [-0.25, -0.2) is 0 Å². The van der Waals surface area contributed by atoms with Gasteiger partial charge in [0.1, 0.15) is 11.5 Å². The molecule has 7 nitrogen and oxygen atoms in total. The Balaban J connectivity index is 0.000000333. The van der Waals surface area contributed by atoms with Crippen LogP contribution < -0.4 is 9.39 Å². The molecular formula is C17H29BO7. The Kier molecular flexibility index (Phi) is 8.17. The van der Waals surface area contributed by atoms with E-state index in [0.29, 0.717) is 11.5 Å². The number of ether oxygens (including phenoxy) is 2. The van der Waals surface area contributed by atoms with Gasteiger partial charge in [0, 0.05) is 6.42 Å². The molecule has 1 atom stereocenters. The fraction of sp³-hybridized carbons (Fsp3) is 0.647. The Morgan fingerprint density at radius 2 is 1.48 bits per heavy atom. The van der Waals surface area contributed by atoms with Gasteiger partial charge in [0.05, 0.1) is 17.8 Å². The van der Waals surface area contributed by atoms with Gasteiger partial charge in [0.25, 0.3) is 0 Å². The topological polar surface area (TPSA) is 109 Å². The Bertz CT molecular complexity index is 473. The van der Waals surface area contributed by atoms with Crippen LogP contribution in [-0.2, 0) is 4.74 Å². The number of hydrogen-bond donors (Lipinski definition) is 4. The van der Waals surface area contributed by atoms with Crippen LogP contribution >= 0.6 is 0 Å². The van der Waals surface area contributed by atoms with Crippen LogP contribution in [0.2, 0.25) is 0 Å². The highest BCUT2D eigenvalue weighted by Gasteiger charge is 2.31. The third-order valence-electron chi connectivity index (χ3n) is 3.97. The van der Waals surface area contributed by atoms with Gasteiger partial charge < -0.3 is 34.4 Å². The van der Waals surface area contributed by atoms with Gasteiger partial charge >= 0.3 is 7.32 Å². The molecule has 8 heteroatoms. The third-order valence-corrected chi connectivity index (χ3v) is 3.97. The van der Waals surface area contributed by atoms with Gasteiger partial charge in [-0.2, -0.15) is 0 Å². The van der Waals surface area contributed by atoms with E-state index in [0.717, 1.165) is 25.9 Å². The van der Waals surface area contributed by atoms with Crippen molar-refractivity contribution in [1.29, 1.82) is 0 Å². The molecule has 1 aromatic carbocycles. The lowest BCUT2D eigenvalue weighted by molar-refractivity contribution is -0.107. The minimum atomic E-state index is -1.80. The van der Waals surface area contributed by atoms with Crippen LogP contribution in [0.15, 0.2) is 24.3 Å². The lowest BCUT2D eigenvalue weighted by Crippen LogP contribution is -2.44. The average Bonchev–Trinajstić information content (AvgIpc) is 2.48. The molecule has 0 spiro atoms. The maximum atomic E-state index is 9.10. The van der Waals surface area contributed by atoms with Gasteiger partial charge in [0.15, 0.2) is 6.29 Å². The molecule has 4 N–H and O–H groups in total. The molecule has 25 heavy (non-hydrogen) atoms. The number of benzene rings is 1. The highest BCUT2D eigenvalue weighted by Crippen LogP contribution is 2.22. The molecule has 0 bridgehead atoms. The van der Waals surface area contributed by atoms with E-state index in [4.69, 9.17) is 29.7 Å². The zero-order chi connectivity index (χ0) is 19.1. The van der Waals surface area contributed by atoms with Crippen molar-refractivity contribution in [2.45, 2.75) is 64.4 Å². The molecule has 2 rings (SSSR count). The summed E-state index contributed by atoms with van der Waals surface area (Å²) >= 11 is 0. The summed E-state index contributed by atoms with van der Waals surface area (Å²) < 4.78 is 15.7. The van der Waals surface area contributed by atoms with Crippen LogP contribution in [0.25, 0.3) is 0 Å². The lowest BCUT2D eigenvalue weighted by atomic mass is 9.90. The number of aliphatic hydroxyl groups is 2. The molecule has 142 valence electrons. The van der Waals surface area contributed by atoms with Gasteiger partial charge in [-0.1, -0.05) is 0 Å². The van der Waals surface area contributed by atoms with Crippen molar-refractivity contribution < 1.29 is 34.4 Å². The van der Waals surface area contributed by atoms with Crippen molar-refractivity contribution in [2.75, 3.05) is 6.61 Å². The summed E-state index contributed by atoms with van der Waals surface area (Å²) in [7, 11) is -1.80. The quantitative estimate of drug-likeness (QED) is 0.592. The van der Waals surface area contributed by atoms with Gasteiger partial charge in [-0.15, -0.1) is 0 Å². The molecule has 1 aliphatic heterocycles. The second-order valence-electron chi connectivity index (χ2n) is 6.95. The smallest absolute Gasteiger partial charge is 0.512 e. The zero-order valence-electron chi connectivity index (χ0n) is 15.3. The fourth-order valence-electron chi connectivity index (χ4n) is 1.67. The standard InChI is InChI=1S/C11H15BO5.C6H14O2/c13-12(14)17-10-6-4-9(5-7-10)16-11-3-1-2-8-15-11;1-5(2,7)6(3,4)8/h4-7,11,13-14H,1-3,8H2;7-8H,1-4H3. The lowest BCUT2D eigenvalue weighted by Gasteiger charge is -2.31. The predicted octanol–water partition coefficient (Wildman–Crippen LogP) is 1.47. The molecule has 0 saturated carbocycles. The maximum Gasteiger partial charge on any atom is 0.707 e. The SMILES string of the molecule is CC(C)(O)C(C)(C)O.OB(O)Oc1ccc(OC2CCCCO2)cc1. The van der Waals surface area contributed by atoms with E-state index >= 15 is 0 Å². The Morgan fingerprint density at radius 1 is 0.960 bits per heavy atom. The van der Waals surface area contributed by atoms with E-state index in [1.165, 1.54) is 0 Å². The number of rotatable bonds is 5. The molecule has 1 saturated heterocycles. The zero-order valence-corrected chi connectivity index (χ0v) is 15.3. The molecule has 1 heterocycles. The highest BCUT2D eigenvalue weighted by atomic mass is 16.7. The third kappa shape index (κ3) is 8.55. The van der Waals surface area contributed by atoms with E-state index in [1.54, 1.807) is 52.0 Å². The molecule has 1 aliphatic rings. The highest BCUT2D eigenvalue weighted by molar-refractivity contribution is 6.33. The van der Waals surface area contributed by atoms with Crippen molar-refractivity contribution >= 4 is 7.32 Å². The summed E-state index contributed by atoms with van der Waals surface area (Å²) in [6.45, 7) is 7.04. The van der Waals surface area contributed by atoms with E-state index in [9.17, 15) is 0 Å². The normalized spacial score (nSPS) is 18.0. The van der Waals surface area contributed by atoms with E-state index in [1.807, 2.05) is 0 Å². The van der Waals surface area contributed by atoms with Crippen molar-refractivity contribution in [1.82, 2.24) is 0 Å². The predicted molar refractivity (Wildman–Crippen MR) is 94.1 cm³/mol. The van der Waals surface area contributed by atoms with Crippen molar-refractivity contribution in [3.8, 4) is 11.5 Å². The molecule has 1 fully saturated rings. The average molecular weight is 356 g/mol. The van der Waals surface area contributed by atoms with E-state index in [2.05, 4.69) is 4.65 Å². The number of hydrogen-bond acceptors (Lipinski definition) is 7. The minimum absolute atomic E-state index is 0.182. The van der Waals surface area contributed by atoms with Crippen molar-refractivity contribution in [3.63, 3.8) is 0 Å². The molecule has 0 amide bonds. The summed E-state index contributed by atoms with van der Waals surface area (Å²) in [4.78, 5) is 0. The summed E-state index contributed by atoms with van der Waals surface area (Å²) in [6, 6.07) is 6.63. The summed E-state index contributed by atoms with van der Waals surface area (Å²) in [6.07, 6.45) is 2.91. The van der Waals surface area contributed by atoms with Gasteiger partial charge in [0.2, 0.25) is 0 Å². The Morgan fingerprint density at radius 3 is 1.88 bits per heavy atom. The first-order valence-corrected chi connectivity index (χ1v) is 8.35. The summed E-state index contributed by atoms with van der Waals surface area (Å²) in [5.74, 6) is 1.05. The first kappa shape index (κ1) is 21.7. The molecule has 1 aromatic rings. The maximum absolute atomic E-state index is 9.10. The van der Waals surface area contributed by atoms with Gasteiger partial charge in [-0.3, -0.25) is 0 Å². The van der Waals surface area contributed by atoms with E-state index in [-0.39, 0.29) is 6.29 Å². The van der Waals surface area contributed by atoms with Crippen LogP contribution in [0.4, 0.5) is 0 Å². The van der Waals surface area contributed by atoms with Crippen LogP contribution in [-0.4, -0.2) is 51.7 Å². The molecule has 0 radical (unpaired) electrons. The second-order valence-corrected chi connectivity index (χ2v) is 6.95. The molecular weight excluding hydrogens is 327 g/mol. The molecule has 0 aromatic heterocycles. The summed E-state index contributed by atoms with van der Waals surface area (Å²) in [5.41, 5.74) is -2.01. The first-order chi connectivity index (χ1) is 11.5. The van der Waals surface area contributed by atoms with Crippen LogP contribution in [0.3, 0.4) is 0 Å². The van der Waals surface area contributed by atoms with E-state index < -0.39 is 18.5 Å². The molecule has 0 aliphatic carbocycles. The van der Waals surface area contributed by atoms with Crippen LogP contribution in [0.1, 0.15) is 47.0 Å². The fourth-order valence-corrected chi connectivity index (χ4v) is 1.67.